The van der Waals surface area contributed by atoms with E-state index in [-0.39, 0.29) is 22.2 Å². The van der Waals surface area contributed by atoms with Gasteiger partial charge in [-0.3, -0.25) is 4.72 Å². The number of anilines is 4. The smallest absolute Gasteiger partial charge is 0.263 e. The third kappa shape index (κ3) is 4.03. The lowest BCUT2D eigenvalue weighted by molar-refractivity contribution is 0.601. The van der Waals surface area contributed by atoms with Gasteiger partial charge in [0, 0.05) is 11.4 Å². The van der Waals surface area contributed by atoms with Gasteiger partial charge in [0.1, 0.15) is 5.69 Å². The van der Waals surface area contributed by atoms with Crippen molar-refractivity contribution >= 4 is 49.8 Å². The van der Waals surface area contributed by atoms with Crippen molar-refractivity contribution in [3.05, 3.63) is 77.7 Å². The van der Waals surface area contributed by atoms with Crippen LogP contribution in [0, 0.1) is 4.91 Å². The molecule has 3 aromatic carbocycles. The van der Waals surface area contributed by atoms with Crippen LogP contribution in [0.3, 0.4) is 0 Å². The molecule has 1 heterocycles. The summed E-state index contributed by atoms with van der Waals surface area (Å²) in [6, 6.07) is 19.2. The van der Waals surface area contributed by atoms with Crippen LogP contribution in [0.15, 0.2) is 82.9 Å². The van der Waals surface area contributed by atoms with Crippen molar-refractivity contribution in [2.24, 2.45) is 5.18 Å². The highest BCUT2D eigenvalue weighted by Gasteiger charge is 2.19. The molecule has 0 aliphatic rings. The van der Waals surface area contributed by atoms with E-state index < -0.39 is 10.0 Å². The van der Waals surface area contributed by atoms with Crippen LogP contribution in [-0.4, -0.2) is 18.4 Å². The third-order valence-electron chi connectivity index (χ3n) is 4.23. The third-order valence-corrected chi connectivity index (χ3v) is 5.58. The first-order chi connectivity index (χ1) is 14.4. The van der Waals surface area contributed by atoms with Gasteiger partial charge < -0.3 is 11.1 Å². The maximum atomic E-state index is 12.8. The number of fused-ring (bicyclic) bond motifs is 1. The Hall–Kier alpha value is -4.05. The minimum absolute atomic E-state index is 0.0307. The van der Waals surface area contributed by atoms with Crippen LogP contribution in [0.5, 0.6) is 0 Å². The summed E-state index contributed by atoms with van der Waals surface area (Å²) in [5.41, 5.74) is 8.06. The number of nitrogens with zero attached hydrogens (tertiary/aromatic N) is 3. The summed E-state index contributed by atoms with van der Waals surface area (Å²) in [5, 5.41) is 5.89. The van der Waals surface area contributed by atoms with E-state index in [0.717, 1.165) is 0 Å². The van der Waals surface area contributed by atoms with Crippen molar-refractivity contribution in [2.45, 2.75) is 4.90 Å². The first kappa shape index (κ1) is 19.3. The Morgan fingerprint density at radius 2 is 1.40 bits per heavy atom. The second-order valence-corrected chi connectivity index (χ2v) is 8.03. The normalized spacial score (nSPS) is 11.2. The van der Waals surface area contributed by atoms with Gasteiger partial charge in [-0.1, -0.05) is 12.1 Å². The fourth-order valence-electron chi connectivity index (χ4n) is 2.73. The van der Waals surface area contributed by atoms with Gasteiger partial charge in [-0.15, -0.1) is 4.91 Å². The predicted octanol–water partition coefficient (Wildman–Crippen LogP) is 4.15. The van der Waals surface area contributed by atoms with Crippen LogP contribution in [0.25, 0.3) is 11.0 Å². The quantitative estimate of drug-likeness (QED) is 0.314. The van der Waals surface area contributed by atoms with E-state index in [0.29, 0.717) is 22.4 Å². The highest BCUT2D eigenvalue weighted by Crippen LogP contribution is 2.28. The van der Waals surface area contributed by atoms with Gasteiger partial charge in [0.25, 0.3) is 10.0 Å². The van der Waals surface area contributed by atoms with Gasteiger partial charge in [-0.05, 0) is 65.8 Å². The van der Waals surface area contributed by atoms with Crippen LogP contribution in [0.4, 0.5) is 28.7 Å². The van der Waals surface area contributed by atoms with Gasteiger partial charge in [0.2, 0.25) is 0 Å². The first-order valence-corrected chi connectivity index (χ1v) is 10.3. The molecule has 0 atom stereocenters. The Morgan fingerprint density at radius 1 is 0.800 bits per heavy atom. The number of aromatic nitrogens is 2. The largest absolute Gasteiger partial charge is 0.399 e. The van der Waals surface area contributed by atoms with Crippen LogP contribution >= 0.6 is 0 Å². The molecule has 0 amide bonds. The number of benzene rings is 3. The van der Waals surface area contributed by atoms with Crippen molar-refractivity contribution in [1.29, 1.82) is 0 Å². The molecule has 150 valence electrons. The molecule has 4 rings (SSSR count). The number of nitrogens with one attached hydrogen (secondary N) is 2. The topological polar surface area (TPSA) is 139 Å². The fourth-order valence-corrected chi connectivity index (χ4v) is 3.74. The van der Waals surface area contributed by atoms with Gasteiger partial charge in [-0.2, -0.15) is 0 Å². The van der Waals surface area contributed by atoms with E-state index in [9.17, 15) is 13.3 Å². The Kier molecular flexibility index (Phi) is 4.98. The summed E-state index contributed by atoms with van der Waals surface area (Å²) >= 11 is 0. The van der Waals surface area contributed by atoms with Gasteiger partial charge in [0.05, 0.1) is 15.9 Å². The van der Waals surface area contributed by atoms with E-state index in [1.54, 1.807) is 30.3 Å². The lowest BCUT2D eigenvalue weighted by Gasteiger charge is -2.14. The van der Waals surface area contributed by atoms with Crippen molar-refractivity contribution in [3.8, 4) is 0 Å². The van der Waals surface area contributed by atoms with E-state index in [1.165, 1.54) is 36.4 Å². The number of nitroso groups, excluding NO2 is 1. The fraction of sp³-hybridized carbons (Fsp3) is 0. The number of para-hydroxylation sites is 2. The number of hydrogen-bond acceptors (Lipinski definition) is 8. The molecule has 1 aromatic heterocycles. The SMILES string of the molecule is Nc1ccc(S(=O)(=O)Nc2nc3ccccc3nc2Nc2ccc(N=O)cc2)cc1. The maximum absolute atomic E-state index is 12.8. The summed E-state index contributed by atoms with van der Waals surface area (Å²) in [6.45, 7) is 0. The van der Waals surface area contributed by atoms with Crippen LogP contribution < -0.4 is 15.8 Å². The van der Waals surface area contributed by atoms with Crippen LogP contribution in [0.2, 0.25) is 0 Å². The molecule has 0 saturated heterocycles. The molecule has 30 heavy (non-hydrogen) atoms. The molecule has 0 saturated carbocycles. The van der Waals surface area contributed by atoms with Gasteiger partial charge in [-0.25, -0.2) is 18.4 Å². The molecular formula is C20H16N6O3S. The molecule has 0 aliphatic carbocycles. The Morgan fingerprint density at radius 3 is 2.00 bits per heavy atom. The predicted molar refractivity (Wildman–Crippen MR) is 116 cm³/mol. The monoisotopic (exact) mass is 420 g/mol. The average molecular weight is 420 g/mol. The molecule has 0 bridgehead atoms. The number of nitrogen functional groups attached to an aromatic ring is 1. The lowest BCUT2D eigenvalue weighted by atomic mass is 10.3. The maximum Gasteiger partial charge on any atom is 0.263 e. The second kappa shape index (κ2) is 7.76. The molecule has 4 N–H and O–H groups in total. The van der Waals surface area contributed by atoms with Crippen molar-refractivity contribution < 1.29 is 8.42 Å². The molecule has 0 radical (unpaired) electrons. The minimum atomic E-state index is -3.93. The number of nitrogens with two attached hydrogens (primary N) is 1. The molecule has 0 fully saturated rings. The summed E-state index contributed by atoms with van der Waals surface area (Å²) in [7, 11) is -3.93. The zero-order chi connectivity index (χ0) is 21.1. The second-order valence-electron chi connectivity index (χ2n) is 6.35. The molecule has 10 heteroatoms. The standard InChI is InChI=1S/C20H16N6O3S/c21-13-5-11-16(12-6-13)30(28,29)26-20-19(22-14-7-9-15(25-27)10-8-14)23-17-3-1-2-4-18(17)24-20/h1-12H,21H2,(H,22,23)(H,24,26). The van der Waals surface area contributed by atoms with E-state index in [1.807, 2.05) is 6.07 Å². The average Bonchev–Trinajstić information content (AvgIpc) is 2.75. The van der Waals surface area contributed by atoms with Crippen molar-refractivity contribution in [1.82, 2.24) is 9.97 Å². The lowest BCUT2D eigenvalue weighted by Crippen LogP contribution is -2.16. The van der Waals surface area contributed by atoms with Gasteiger partial charge in [0.15, 0.2) is 11.6 Å². The van der Waals surface area contributed by atoms with Crippen molar-refractivity contribution in [2.75, 3.05) is 15.8 Å². The first-order valence-electron chi connectivity index (χ1n) is 8.80. The number of rotatable bonds is 6. The summed E-state index contributed by atoms with van der Waals surface area (Å²) < 4.78 is 28.2. The van der Waals surface area contributed by atoms with Crippen molar-refractivity contribution in [3.63, 3.8) is 0 Å². The van der Waals surface area contributed by atoms with Crippen LogP contribution in [-0.2, 0) is 10.0 Å². The molecular weight excluding hydrogens is 404 g/mol. The van der Waals surface area contributed by atoms with E-state index >= 15 is 0 Å². The molecule has 0 spiro atoms. The Balaban J connectivity index is 1.75. The Bertz CT molecular complexity index is 1320. The van der Waals surface area contributed by atoms with E-state index in [2.05, 4.69) is 25.2 Å². The summed E-state index contributed by atoms with van der Waals surface area (Å²) in [4.78, 5) is 19.6. The molecule has 9 nitrogen and oxygen atoms in total. The van der Waals surface area contributed by atoms with Crippen LogP contribution in [0.1, 0.15) is 0 Å². The highest BCUT2D eigenvalue weighted by molar-refractivity contribution is 7.92. The Labute approximate surface area is 172 Å². The van der Waals surface area contributed by atoms with E-state index in [4.69, 9.17) is 5.73 Å². The summed E-state index contributed by atoms with van der Waals surface area (Å²) in [5.74, 6) is 0.239. The zero-order valence-electron chi connectivity index (χ0n) is 15.5. The summed E-state index contributed by atoms with van der Waals surface area (Å²) in [6.07, 6.45) is 0. The molecule has 0 unspecified atom stereocenters. The zero-order valence-corrected chi connectivity index (χ0v) is 16.3. The highest BCUT2D eigenvalue weighted by atomic mass is 32.2. The number of sulfonamides is 1. The minimum Gasteiger partial charge on any atom is -0.399 e. The number of hydrogen-bond donors (Lipinski definition) is 3. The molecule has 4 aromatic rings. The molecule has 0 aliphatic heterocycles. The van der Waals surface area contributed by atoms with Gasteiger partial charge >= 0.3 is 0 Å².